The van der Waals surface area contributed by atoms with Crippen LogP contribution in [0.25, 0.3) is 109 Å². The van der Waals surface area contributed by atoms with Crippen LogP contribution in [0.4, 0.5) is 0 Å². The quantitative estimate of drug-likeness (QED) is 0.0472. The van der Waals surface area contributed by atoms with Crippen LogP contribution < -0.4 is 0 Å². The highest BCUT2D eigenvalue weighted by Crippen LogP contribution is 2.62. The summed E-state index contributed by atoms with van der Waals surface area (Å²) in [6, 6.07) is 41.8. The molecule has 10 heteroatoms. The van der Waals surface area contributed by atoms with Crippen molar-refractivity contribution in [3.05, 3.63) is 127 Å². The van der Waals surface area contributed by atoms with Crippen molar-refractivity contribution in [2.45, 2.75) is 0 Å². The molecule has 10 aromatic carbocycles. The molecule has 0 radical (unpaired) electrons. The Morgan fingerprint density at radius 1 is 0.267 bits per heavy atom. The van der Waals surface area contributed by atoms with Gasteiger partial charge in [0.1, 0.15) is 5.75 Å². The predicted molar refractivity (Wildman–Crippen MR) is 233 cm³/mol. The molecule has 0 spiro atoms. The molecule has 11 aromatic rings. The Labute approximate surface area is 337 Å². The number of fused-ring (bicyclic) bond motifs is 8. The van der Waals surface area contributed by atoms with Crippen LogP contribution in [0.2, 0.25) is 0 Å². The van der Waals surface area contributed by atoms with Crippen LogP contribution >= 0.6 is 0 Å². The minimum atomic E-state index is -1.17. The van der Waals surface area contributed by atoms with Gasteiger partial charge in [0.05, 0.1) is 16.2 Å². The number of hydrogen-bond acceptors (Lipinski definition) is 10. The van der Waals surface area contributed by atoms with E-state index in [9.17, 15) is 46.0 Å². The second-order valence-electron chi connectivity index (χ2n) is 14.9. The second kappa shape index (κ2) is 12.3. The first-order valence-corrected chi connectivity index (χ1v) is 18.9. The van der Waals surface area contributed by atoms with Crippen LogP contribution in [0, 0.1) is 0 Å². The zero-order chi connectivity index (χ0) is 41.3. The van der Waals surface area contributed by atoms with Crippen molar-refractivity contribution in [1.82, 2.24) is 0 Å². The van der Waals surface area contributed by atoms with Gasteiger partial charge in [0.25, 0.3) is 0 Å². The van der Waals surface area contributed by atoms with Crippen LogP contribution in [0.15, 0.2) is 132 Å². The van der Waals surface area contributed by atoms with Crippen molar-refractivity contribution >= 4 is 75.8 Å². The summed E-state index contributed by atoms with van der Waals surface area (Å²) < 4.78 is 5.97. The first-order valence-electron chi connectivity index (χ1n) is 18.9. The number of phenolic OH excluding ortho intramolecular Hbond substituents is 9. The van der Waals surface area contributed by atoms with Gasteiger partial charge in [0, 0.05) is 10.9 Å². The molecule has 9 N–H and O–H groups in total. The fourth-order valence-corrected chi connectivity index (χ4v) is 9.15. The van der Waals surface area contributed by atoms with Crippen LogP contribution in [0.5, 0.6) is 51.7 Å². The lowest BCUT2D eigenvalue weighted by molar-refractivity contribution is 0.349. The Morgan fingerprint density at radius 2 is 0.683 bits per heavy atom. The van der Waals surface area contributed by atoms with Gasteiger partial charge in [-0.3, -0.25) is 0 Å². The number of furan rings is 1. The molecule has 0 atom stereocenters. The smallest absolute Gasteiger partial charge is 0.205 e. The highest BCUT2D eigenvalue weighted by molar-refractivity contribution is 6.29. The highest BCUT2D eigenvalue weighted by Gasteiger charge is 2.34. The Hall–Kier alpha value is -8.50. The number of phenols is 9. The van der Waals surface area contributed by atoms with Crippen molar-refractivity contribution in [3.63, 3.8) is 0 Å². The summed E-state index contributed by atoms with van der Waals surface area (Å²) in [5, 5.41) is 106. The first kappa shape index (κ1) is 34.7. The van der Waals surface area contributed by atoms with E-state index in [0.717, 1.165) is 59.8 Å². The van der Waals surface area contributed by atoms with E-state index in [0.29, 0.717) is 11.1 Å². The minimum absolute atomic E-state index is 0.119. The van der Waals surface area contributed by atoms with Crippen molar-refractivity contribution in [2.75, 3.05) is 0 Å². The maximum absolute atomic E-state index is 12.1. The van der Waals surface area contributed by atoms with E-state index >= 15 is 0 Å². The summed E-state index contributed by atoms with van der Waals surface area (Å²) in [5.74, 6) is -8.90. The Balaban J connectivity index is 1.35. The molecule has 0 aliphatic rings. The van der Waals surface area contributed by atoms with Crippen LogP contribution in [-0.2, 0) is 0 Å². The monoisotopic (exact) mass is 790 g/mol. The van der Waals surface area contributed by atoms with E-state index in [1.165, 1.54) is 0 Å². The summed E-state index contributed by atoms with van der Waals surface area (Å²) in [4.78, 5) is 0. The molecule has 11 rings (SSSR count). The predicted octanol–water partition coefficient (Wildman–Crippen LogP) is 11.7. The molecule has 290 valence electrons. The van der Waals surface area contributed by atoms with Gasteiger partial charge >= 0.3 is 0 Å². The molecule has 60 heavy (non-hydrogen) atoms. The summed E-state index contributed by atoms with van der Waals surface area (Å²) in [6.45, 7) is 0. The van der Waals surface area contributed by atoms with Crippen LogP contribution in [0.3, 0.4) is 0 Å². The molecule has 0 amide bonds. The number of benzene rings is 10. The third-order valence-electron chi connectivity index (χ3n) is 11.8. The standard InChI is InChI=1S/C50H30O10/c51-40-37-38(43(54)46(57)45(56)42(37)53)44(55)50-39(40)36-35(41(52)47(58)48(59)49(36)60-50)32-21-24-12-2-1-11-23(24)20-31(32)34-29-17-7-5-15-27(29)33(28-16-6-8-18-30(28)34)26-19-9-13-22-10-3-4-14-25(22)26/h1-21,51-59H. The van der Waals surface area contributed by atoms with Crippen molar-refractivity contribution < 1.29 is 50.4 Å². The third kappa shape index (κ3) is 4.46. The zero-order valence-electron chi connectivity index (χ0n) is 31.1. The molecule has 0 aliphatic carbocycles. The first-order chi connectivity index (χ1) is 29.1. The van der Waals surface area contributed by atoms with Crippen molar-refractivity contribution in [2.24, 2.45) is 0 Å². The van der Waals surface area contributed by atoms with Gasteiger partial charge in [-0.15, -0.1) is 0 Å². The number of rotatable bonds is 3. The van der Waals surface area contributed by atoms with E-state index in [-0.39, 0.29) is 16.3 Å². The molecule has 0 fully saturated rings. The molecule has 0 saturated carbocycles. The largest absolute Gasteiger partial charge is 0.506 e. The van der Waals surface area contributed by atoms with E-state index in [1.54, 1.807) is 0 Å². The summed E-state index contributed by atoms with van der Waals surface area (Å²) in [6.07, 6.45) is 0. The Bertz CT molecular complexity index is 3650. The maximum atomic E-state index is 12.1. The fourth-order valence-electron chi connectivity index (χ4n) is 9.15. The SMILES string of the molecule is Oc1c(O)c(-c2cc3ccccc3cc2-c2c3ccccc3c(-c3cccc4ccccc34)c3ccccc23)c2c(oc3c(O)c4c(O)c(O)c(O)c(O)c4c(O)c32)c1O. The lowest BCUT2D eigenvalue weighted by Crippen LogP contribution is -1.94. The maximum Gasteiger partial charge on any atom is 0.205 e. The molecule has 0 saturated heterocycles. The van der Waals surface area contributed by atoms with E-state index in [4.69, 9.17) is 4.42 Å². The molecule has 10 nitrogen and oxygen atoms in total. The van der Waals surface area contributed by atoms with Gasteiger partial charge in [-0.1, -0.05) is 115 Å². The number of hydrogen-bond donors (Lipinski definition) is 9. The summed E-state index contributed by atoms with van der Waals surface area (Å²) in [5.41, 5.74) is 2.59. The van der Waals surface area contributed by atoms with Gasteiger partial charge in [-0.05, 0) is 83.0 Å². The molecule has 0 unspecified atom stereocenters. The zero-order valence-corrected chi connectivity index (χ0v) is 31.1. The van der Waals surface area contributed by atoms with Crippen molar-refractivity contribution in [3.8, 4) is 85.1 Å². The van der Waals surface area contributed by atoms with Crippen LogP contribution in [0.1, 0.15) is 0 Å². The van der Waals surface area contributed by atoms with Gasteiger partial charge < -0.3 is 50.4 Å². The molecule has 0 bridgehead atoms. The topological polar surface area (TPSA) is 195 Å². The summed E-state index contributed by atoms with van der Waals surface area (Å²) in [7, 11) is 0. The number of aromatic hydroxyl groups is 9. The average Bonchev–Trinajstić information content (AvgIpc) is 3.68. The van der Waals surface area contributed by atoms with Crippen molar-refractivity contribution in [1.29, 1.82) is 0 Å². The molecular formula is C50H30O10. The second-order valence-corrected chi connectivity index (χ2v) is 14.9. The lowest BCUT2D eigenvalue weighted by atomic mass is 9.81. The molecule has 1 heterocycles. The average molecular weight is 791 g/mol. The third-order valence-corrected chi connectivity index (χ3v) is 11.8. The molecule has 0 aliphatic heterocycles. The normalized spacial score (nSPS) is 11.9. The van der Waals surface area contributed by atoms with Gasteiger partial charge in [0.15, 0.2) is 34.2 Å². The van der Waals surface area contributed by atoms with Gasteiger partial charge in [0.2, 0.25) is 23.0 Å². The van der Waals surface area contributed by atoms with Gasteiger partial charge in [-0.25, -0.2) is 0 Å². The highest BCUT2D eigenvalue weighted by atomic mass is 16.4. The minimum Gasteiger partial charge on any atom is -0.506 e. The Morgan fingerprint density at radius 3 is 1.25 bits per heavy atom. The van der Waals surface area contributed by atoms with E-state index < -0.39 is 73.7 Å². The van der Waals surface area contributed by atoms with E-state index in [1.807, 2.05) is 91.0 Å². The molecule has 1 aromatic heterocycles. The summed E-state index contributed by atoms with van der Waals surface area (Å²) >= 11 is 0. The fraction of sp³-hybridized carbons (Fsp3) is 0. The van der Waals surface area contributed by atoms with E-state index in [2.05, 4.69) is 36.4 Å². The van der Waals surface area contributed by atoms with Crippen LogP contribution in [-0.4, -0.2) is 46.0 Å². The lowest BCUT2D eigenvalue weighted by Gasteiger charge is -2.22. The van der Waals surface area contributed by atoms with Gasteiger partial charge in [-0.2, -0.15) is 0 Å². The Kier molecular flexibility index (Phi) is 7.09. The molecular weight excluding hydrogens is 761 g/mol.